The van der Waals surface area contributed by atoms with E-state index < -0.39 is 5.91 Å². The standard InChI is InChI=1S/C28H27ClN2O3/c1-17-6-7-20(4)25(11-17)31-28(32)23(15-30)12-21-13-24(29)27(26(14-21)33-5)34-16-22-9-18(2)8-19(3)10-22/h6-14H,16H2,1-5H3,(H,31,32)/b23-12+. The Hall–Kier alpha value is -3.75. The van der Waals surface area contributed by atoms with Crippen LogP contribution in [-0.4, -0.2) is 13.0 Å². The number of aryl methyl sites for hydroxylation is 4. The number of methoxy groups -OCH3 is 1. The molecular weight excluding hydrogens is 448 g/mol. The molecule has 0 heterocycles. The third kappa shape index (κ3) is 6.18. The molecule has 0 atom stereocenters. The quantitative estimate of drug-likeness (QED) is 0.305. The molecule has 0 fully saturated rings. The molecule has 0 spiro atoms. The van der Waals surface area contributed by atoms with E-state index in [4.69, 9.17) is 21.1 Å². The summed E-state index contributed by atoms with van der Waals surface area (Å²) in [6.45, 7) is 8.23. The lowest BCUT2D eigenvalue weighted by Crippen LogP contribution is -2.14. The maximum atomic E-state index is 12.7. The Morgan fingerprint density at radius 2 is 1.74 bits per heavy atom. The number of hydrogen-bond acceptors (Lipinski definition) is 4. The molecular formula is C28H27ClN2O3. The second-order valence-electron chi connectivity index (χ2n) is 8.26. The van der Waals surface area contributed by atoms with Crippen LogP contribution in [0.5, 0.6) is 11.5 Å². The second-order valence-corrected chi connectivity index (χ2v) is 8.67. The topological polar surface area (TPSA) is 71.3 Å². The van der Waals surface area contributed by atoms with Gasteiger partial charge in [-0.1, -0.05) is 53.1 Å². The van der Waals surface area contributed by atoms with Crippen LogP contribution in [0.2, 0.25) is 5.02 Å². The molecule has 1 amide bonds. The average Bonchev–Trinajstić information content (AvgIpc) is 2.78. The van der Waals surface area contributed by atoms with Gasteiger partial charge in [-0.15, -0.1) is 0 Å². The predicted molar refractivity (Wildman–Crippen MR) is 136 cm³/mol. The second kappa shape index (κ2) is 10.9. The molecule has 0 unspecified atom stereocenters. The van der Waals surface area contributed by atoms with Crippen LogP contribution in [0.25, 0.3) is 6.08 Å². The SMILES string of the molecule is COc1cc(/C=C(\C#N)C(=O)Nc2cc(C)ccc2C)cc(Cl)c1OCc1cc(C)cc(C)c1. The molecule has 3 aromatic rings. The van der Waals surface area contributed by atoms with Crippen LogP contribution in [0.4, 0.5) is 5.69 Å². The third-order valence-electron chi connectivity index (χ3n) is 5.23. The number of carbonyl (C=O) groups excluding carboxylic acids is 1. The van der Waals surface area contributed by atoms with Gasteiger partial charge in [0, 0.05) is 5.69 Å². The summed E-state index contributed by atoms with van der Waals surface area (Å²) in [6.07, 6.45) is 1.47. The van der Waals surface area contributed by atoms with Gasteiger partial charge in [-0.25, -0.2) is 0 Å². The number of nitrogens with zero attached hydrogens (tertiary/aromatic N) is 1. The molecule has 34 heavy (non-hydrogen) atoms. The van der Waals surface area contributed by atoms with E-state index >= 15 is 0 Å². The van der Waals surface area contributed by atoms with Crippen LogP contribution in [0.3, 0.4) is 0 Å². The van der Waals surface area contributed by atoms with Crippen LogP contribution in [-0.2, 0) is 11.4 Å². The molecule has 0 saturated carbocycles. The summed E-state index contributed by atoms with van der Waals surface area (Å²) in [5, 5.41) is 12.7. The summed E-state index contributed by atoms with van der Waals surface area (Å²) in [6, 6.07) is 17.2. The Morgan fingerprint density at radius 1 is 1.03 bits per heavy atom. The Morgan fingerprint density at radius 3 is 2.38 bits per heavy atom. The highest BCUT2D eigenvalue weighted by atomic mass is 35.5. The largest absolute Gasteiger partial charge is 0.493 e. The molecule has 174 valence electrons. The molecule has 1 N–H and O–H groups in total. The minimum absolute atomic E-state index is 0.0528. The maximum absolute atomic E-state index is 12.7. The van der Waals surface area contributed by atoms with E-state index in [1.165, 1.54) is 13.2 Å². The van der Waals surface area contributed by atoms with Gasteiger partial charge >= 0.3 is 0 Å². The van der Waals surface area contributed by atoms with Crippen molar-refractivity contribution in [2.45, 2.75) is 34.3 Å². The molecule has 6 heteroatoms. The van der Waals surface area contributed by atoms with E-state index in [1.54, 1.807) is 12.1 Å². The number of hydrogen-bond donors (Lipinski definition) is 1. The Balaban J connectivity index is 1.84. The molecule has 0 aromatic heterocycles. The molecule has 3 aromatic carbocycles. The first-order chi connectivity index (χ1) is 16.2. The zero-order chi connectivity index (χ0) is 24.8. The molecule has 0 aliphatic carbocycles. The minimum Gasteiger partial charge on any atom is -0.493 e. The number of ether oxygens (including phenoxy) is 2. The Kier molecular flexibility index (Phi) is 7.99. The van der Waals surface area contributed by atoms with Gasteiger partial charge < -0.3 is 14.8 Å². The van der Waals surface area contributed by atoms with Crippen molar-refractivity contribution < 1.29 is 14.3 Å². The van der Waals surface area contributed by atoms with E-state index in [0.717, 1.165) is 27.8 Å². The average molecular weight is 475 g/mol. The number of amides is 1. The van der Waals surface area contributed by atoms with Crippen LogP contribution in [0, 0.1) is 39.0 Å². The van der Waals surface area contributed by atoms with Gasteiger partial charge in [-0.2, -0.15) is 5.26 Å². The molecule has 0 radical (unpaired) electrons. The van der Waals surface area contributed by atoms with E-state index in [2.05, 4.69) is 23.5 Å². The van der Waals surface area contributed by atoms with Gasteiger partial charge in [0.25, 0.3) is 5.91 Å². The fourth-order valence-corrected chi connectivity index (χ4v) is 3.92. The summed E-state index contributed by atoms with van der Waals surface area (Å²) in [5.74, 6) is 0.315. The van der Waals surface area contributed by atoms with Crippen molar-refractivity contribution in [2.24, 2.45) is 0 Å². The predicted octanol–water partition coefficient (Wildman–Crippen LogP) is 6.71. The summed E-state index contributed by atoms with van der Waals surface area (Å²) in [7, 11) is 1.52. The van der Waals surface area contributed by atoms with Crippen molar-refractivity contribution in [1.29, 1.82) is 5.26 Å². The number of anilines is 1. The monoisotopic (exact) mass is 474 g/mol. The molecule has 0 aliphatic rings. The maximum Gasteiger partial charge on any atom is 0.266 e. The van der Waals surface area contributed by atoms with E-state index in [9.17, 15) is 10.1 Å². The van der Waals surface area contributed by atoms with Crippen molar-refractivity contribution in [3.8, 4) is 17.6 Å². The number of rotatable bonds is 7. The molecule has 5 nitrogen and oxygen atoms in total. The first-order valence-corrected chi connectivity index (χ1v) is 11.2. The fraction of sp³-hybridized carbons (Fsp3) is 0.214. The van der Waals surface area contributed by atoms with Gasteiger partial charge in [0.2, 0.25) is 0 Å². The lowest BCUT2D eigenvalue weighted by Gasteiger charge is -2.14. The highest BCUT2D eigenvalue weighted by molar-refractivity contribution is 6.32. The molecule has 3 rings (SSSR count). The van der Waals surface area contributed by atoms with Crippen molar-refractivity contribution in [3.63, 3.8) is 0 Å². The lowest BCUT2D eigenvalue weighted by atomic mass is 10.1. The smallest absolute Gasteiger partial charge is 0.266 e. The van der Waals surface area contributed by atoms with Crippen molar-refractivity contribution in [2.75, 3.05) is 12.4 Å². The highest BCUT2D eigenvalue weighted by Crippen LogP contribution is 2.37. The van der Waals surface area contributed by atoms with Crippen LogP contribution < -0.4 is 14.8 Å². The van der Waals surface area contributed by atoms with Crippen LogP contribution >= 0.6 is 11.6 Å². The zero-order valence-corrected chi connectivity index (χ0v) is 20.7. The van der Waals surface area contributed by atoms with Gasteiger partial charge in [0.15, 0.2) is 11.5 Å². The number of carbonyl (C=O) groups is 1. The number of benzene rings is 3. The first-order valence-electron chi connectivity index (χ1n) is 10.8. The summed E-state index contributed by atoms with van der Waals surface area (Å²) < 4.78 is 11.5. The van der Waals surface area contributed by atoms with Gasteiger partial charge in [0.05, 0.1) is 12.1 Å². The minimum atomic E-state index is -0.499. The number of nitrogens with one attached hydrogen (secondary N) is 1. The fourth-order valence-electron chi connectivity index (χ4n) is 3.65. The Bertz CT molecular complexity index is 1290. The normalized spacial score (nSPS) is 11.0. The van der Waals surface area contributed by atoms with Crippen molar-refractivity contribution in [1.82, 2.24) is 0 Å². The van der Waals surface area contributed by atoms with Crippen molar-refractivity contribution >= 4 is 29.3 Å². The van der Waals surface area contributed by atoms with Crippen LogP contribution in [0.15, 0.2) is 54.1 Å². The van der Waals surface area contributed by atoms with Gasteiger partial charge in [-0.3, -0.25) is 4.79 Å². The third-order valence-corrected chi connectivity index (χ3v) is 5.51. The van der Waals surface area contributed by atoms with E-state index in [1.807, 2.05) is 52.0 Å². The molecule has 0 bridgehead atoms. The van der Waals surface area contributed by atoms with Gasteiger partial charge in [0.1, 0.15) is 18.2 Å². The lowest BCUT2D eigenvalue weighted by molar-refractivity contribution is -0.112. The van der Waals surface area contributed by atoms with E-state index in [0.29, 0.717) is 34.4 Å². The number of nitriles is 1. The summed E-state index contributed by atoms with van der Waals surface area (Å²) >= 11 is 6.50. The zero-order valence-electron chi connectivity index (χ0n) is 20.0. The van der Waals surface area contributed by atoms with E-state index in [-0.39, 0.29) is 5.57 Å². The summed E-state index contributed by atoms with van der Waals surface area (Å²) in [4.78, 5) is 12.7. The first kappa shape index (κ1) is 24.9. The van der Waals surface area contributed by atoms with Crippen molar-refractivity contribution in [3.05, 3.63) is 92.5 Å². The Labute approximate surface area is 205 Å². The summed E-state index contributed by atoms with van der Waals surface area (Å²) in [5.41, 5.74) is 6.41. The number of halogens is 1. The van der Waals surface area contributed by atoms with Crippen LogP contribution in [0.1, 0.15) is 33.4 Å². The molecule has 0 aliphatic heterocycles. The highest BCUT2D eigenvalue weighted by Gasteiger charge is 2.15. The molecule has 0 saturated heterocycles. The van der Waals surface area contributed by atoms with Gasteiger partial charge in [-0.05, 0) is 74.2 Å².